The van der Waals surface area contributed by atoms with E-state index in [0.29, 0.717) is 50.6 Å². The minimum Gasteiger partial charge on any atom is -0.492 e. The molecule has 3 aromatic carbocycles. The van der Waals surface area contributed by atoms with Gasteiger partial charge >= 0.3 is 18.2 Å². The number of para-hydroxylation sites is 1. The fraction of sp³-hybridized carbons (Fsp3) is 0.314. The molecule has 13 nitrogen and oxygen atoms in total. The molecule has 250 valence electrons. The van der Waals surface area contributed by atoms with Gasteiger partial charge in [0.25, 0.3) is 0 Å². The zero-order valence-corrected chi connectivity index (χ0v) is 27.3. The van der Waals surface area contributed by atoms with Crippen molar-refractivity contribution >= 4 is 46.1 Å². The molecule has 0 fully saturated rings. The van der Waals surface area contributed by atoms with Crippen LogP contribution in [0.25, 0.3) is 22.1 Å². The SMILES string of the molecule is CCOC(=O)Oc1ccc2c(c1)nc(C(C)c1nc3ccc(C(=O)CCOc4ccccc4C(=O)OCC)cc3n1C)n2C(=O)OCC. The van der Waals surface area contributed by atoms with Crippen LogP contribution in [0, 0.1) is 0 Å². The fourth-order valence-corrected chi connectivity index (χ4v) is 5.31. The van der Waals surface area contributed by atoms with Crippen LogP contribution in [0.3, 0.4) is 0 Å². The Hall–Kier alpha value is -5.72. The highest BCUT2D eigenvalue weighted by Gasteiger charge is 2.27. The molecule has 0 saturated carbocycles. The Kier molecular flexibility index (Phi) is 10.4. The van der Waals surface area contributed by atoms with Crippen molar-refractivity contribution in [3.05, 3.63) is 83.4 Å². The van der Waals surface area contributed by atoms with Gasteiger partial charge in [-0.1, -0.05) is 12.1 Å². The Bertz CT molecular complexity index is 1990. The number of imidazole rings is 2. The van der Waals surface area contributed by atoms with E-state index in [1.807, 2.05) is 18.5 Å². The summed E-state index contributed by atoms with van der Waals surface area (Å²) in [5.74, 6) is 0.385. The van der Waals surface area contributed by atoms with Crippen LogP contribution >= 0.6 is 0 Å². The molecular formula is C35H36N4O9. The minimum atomic E-state index is -0.848. The molecule has 0 amide bonds. The molecule has 13 heteroatoms. The average Bonchev–Trinajstić information content (AvgIpc) is 3.62. The number of Topliss-reactive ketones (excluding diaryl/α,β-unsaturated/α-hetero) is 1. The van der Waals surface area contributed by atoms with Gasteiger partial charge in [0.15, 0.2) is 5.78 Å². The number of fused-ring (bicyclic) bond motifs is 2. The number of carbonyl (C=O) groups excluding carboxylic acids is 4. The van der Waals surface area contributed by atoms with E-state index < -0.39 is 24.1 Å². The van der Waals surface area contributed by atoms with E-state index in [2.05, 4.69) is 0 Å². The Balaban J connectivity index is 1.39. The molecule has 0 bridgehead atoms. The molecule has 5 aromatic rings. The first kappa shape index (κ1) is 33.6. The summed E-state index contributed by atoms with van der Waals surface area (Å²) in [5.41, 5.74) is 3.00. The highest BCUT2D eigenvalue weighted by molar-refractivity contribution is 5.99. The molecule has 1 unspecified atom stereocenters. The summed E-state index contributed by atoms with van der Waals surface area (Å²) in [7, 11) is 1.83. The molecular weight excluding hydrogens is 620 g/mol. The van der Waals surface area contributed by atoms with Gasteiger partial charge in [-0.3, -0.25) is 4.79 Å². The molecule has 5 rings (SSSR count). The lowest BCUT2D eigenvalue weighted by molar-refractivity contribution is 0.0521. The molecule has 0 N–H and O–H groups in total. The molecule has 0 radical (unpaired) electrons. The largest absolute Gasteiger partial charge is 0.513 e. The van der Waals surface area contributed by atoms with Gasteiger partial charge in [-0.2, -0.15) is 0 Å². The minimum absolute atomic E-state index is 0.0670. The topological polar surface area (TPSA) is 150 Å². The first-order valence-corrected chi connectivity index (χ1v) is 15.6. The van der Waals surface area contributed by atoms with E-state index in [0.717, 1.165) is 0 Å². The second kappa shape index (κ2) is 14.8. The van der Waals surface area contributed by atoms with Crippen molar-refractivity contribution in [1.29, 1.82) is 0 Å². The Morgan fingerprint density at radius 1 is 0.792 bits per heavy atom. The van der Waals surface area contributed by atoms with Gasteiger partial charge in [-0.05, 0) is 70.2 Å². The lowest BCUT2D eigenvalue weighted by Gasteiger charge is -2.14. The van der Waals surface area contributed by atoms with Crippen LogP contribution in [-0.4, -0.2) is 69.5 Å². The molecule has 2 aromatic heterocycles. The summed E-state index contributed by atoms with van der Waals surface area (Å²) in [6, 6.07) is 16.7. The highest BCUT2D eigenvalue weighted by atomic mass is 16.7. The molecule has 0 aliphatic carbocycles. The van der Waals surface area contributed by atoms with Crippen molar-refractivity contribution in [2.75, 3.05) is 26.4 Å². The number of carbonyl (C=O) groups is 4. The van der Waals surface area contributed by atoms with Crippen molar-refractivity contribution in [1.82, 2.24) is 19.1 Å². The number of ether oxygens (including phenoxy) is 5. The number of benzene rings is 3. The Morgan fingerprint density at radius 2 is 1.52 bits per heavy atom. The second-order valence-electron chi connectivity index (χ2n) is 10.6. The molecule has 0 aliphatic heterocycles. The van der Waals surface area contributed by atoms with E-state index in [1.54, 1.807) is 81.4 Å². The Morgan fingerprint density at radius 3 is 2.27 bits per heavy atom. The summed E-state index contributed by atoms with van der Waals surface area (Å²) < 4.78 is 29.5. The van der Waals surface area contributed by atoms with Crippen molar-refractivity contribution in [3.63, 3.8) is 0 Å². The van der Waals surface area contributed by atoms with Crippen LogP contribution in [-0.2, 0) is 21.3 Å². The zero-order valence-electron chi connectivity index (χ0n) is 27.3. The standard InChI is InChI=1S/C35H36N4O9/c1-6-44-33(41)24-11-9-10-12-30(24)47-18-17-29(40)22-13-15-25-28(19-22)38(5)31(36-25)21(4)32-37-26-20-23(48-35(43)46-8-3)14-16-27(26)39(32)34(42)45-7-2/h9-16,19-21H,6-8,17-18H2,1-5H3. The van der Waals surface area contributed by atoms with Crippen LogP contribution in [0.1, 0.15) is 72.4 Å². The van der Waals surface area contributed by atoms with Gasteiger partial charge in [0, 0.05) is 25.1 Å². The number of ketones is 1. The van der Waals surface area contributed by atoms with Crippen molar-refractivity contribution < 1.29 is 42.9 Å². The summed E-state index contributed by atoms with van der Waals surface area (Å²) >= 11 is 0. The average molecular weight is 657 g/mol. The maximum absolute atomic E-state index is 13.2. The normalized spacial score (nSPS) is 11.7. The van der Waals surface area contributed by atoms with Crippen LogP contribution in [0.5, 0.6) is 11.5 Å². The van der Waals surface area contributed by atoms with Crippen LogP contribution in [0.4, 0.5) is 9.59 Å². The second-order valence-corrected chi connectivity index (χ2v) is 10.6. The maximum atomic E-state index is 13.2. The van der Waals surface area contributed by atoms with Crippen LogP contribution < -0.4 is 9.47 Å². The number of hydrogen-bond acceptors (Lipinski definition) is 11. The van der Waals surface area contributed by atoms with Crippen LogP contribution in [0.15, 0.2) is 60.7 Å². The number of aryl methyl sites for hydroxylation is 1. The summed E-state index contributed by atoms with van der Waals surface area (Å²) in [6.45, 7) is 7.60. The number of rotatable bonds is 12. The molecule has 2 heterocycles. The van der Waals surface area contributed by atoms with Crippen molar-refractivity contribution in [2.45, 2.75) is 40.0 Å². The molecule has 1 atom stereocenters. The molecule has 48 heavy (non-hydrogen) atoms. The zero-order chi connectivity index (χ0) is 34.4. The fourth-order valence-electron chi connectivity index (χ4n) is 5.31. The first-order chi connectivity index (χ1) is 23.2. The lowest BCUT2D eigenvalue weighted by atomic mass is 10.1. The molecule has 0 saturated heterocycles. The predicted molar refractivity (Wildman–Crippen MR) is 175 cm³/mol. The maximum Gasteiger partial charge on any atom is 0.513 e. The number of esters is 1. The summed E-state index contributed by atoms with van der Waals surface area (Å²) in [4.78, 5) is 60.0. The van der Waals surface area contributed by atoms with E-state index in [1.165, 1.54) is 4.57 Å². The number of aromatic nitrogens is 4. The third-order valence-corrected chi connectivity index (χ3v) is 7.55. The monoisotopic (exact) mass is 656 g/mol. The van der Waals surface area contributed by atoms with E-state index in [4.69, 9.17) is 33.7 Å². The van der Waals surface area contributed by atoms with Gasteiger partial charge in [-0.15, -0.1) is 0 Å². The van der Waals surface area contributed by atoms with Gasteiger partial charge in [0.05, 0.1) is 54.4 Å². The van der Waals surface area contributed by atoms with E-state index >= 15 is 0 Å². The summed E-state index contributed by atoms with van der Waals surface area (Å²) in [6.07, 6.45) is -1.38. The highest BCUT2D eigenvalue weighted by Crippen LogP contribution is 2.31. The number of hydrogen-bond donors (Lipinski definition) is 0. The quantitative estimate of drug-likeness (QED) is 0.0631. The molecule has 0 spiro atoms. The van der Waals surface area contributed by atoms with Gasteiger partial charge in [0.2, 0.25) is 0 Å². The summed E-state index contributed by atoms with van der Waals surface area (Å²) in [5, 5.41) is 0. The van der Waals surface area contributed by atoms with Crippen molar-refractivity contribution in [3.8, 4) is 11.5 Å². The van der Waals surface area contributed by atoms with Crippen LogP contribution in [0.2, 0.25) is 0 Å². The third-order valence-electron chi connectivity index (χ3n) is 7.55. The smallest absolute Gasteiger partial charge is 0.492 e. The van der Waals surface area contributed by atoms with E-state index in [-0.39, 0.29) is 44.4 Å². The van der Waals surface area contributed by atoms with Gasteiger partial charge in [0.1, 0.15) is 28.7 Å². The number of nitrogens with zero attached hydrogens (tertiary/aromatic N) is 4. The van der Waals surface area contributed by atoms with Crippen molar-refractivity contribution in [2.24, 2.45) is 7.05 Å². The van der Waals surface area contributed by atoms with Gasteiger partial charge < -0.3 is 28.3 Å². The predicted octanol–water partition coefficient (Wildman–Crippen LogP) is 6.44. The lowest BCUT2D eigenvalue weighted by Crippen LogP contribution is -2.19. The van der Waals surface area contributed by atoms with Gasteiger partial charge in [-0.25, -0.2) is 28.9 Å². The molecule has 0 aliphatic rings. The van der Waals surface area contributed by atoms with E-state index in [9.17, 15) is 19.2 Å². The third kappa shape index (κ3) is 6.99. The first-order valence-electron chi connectivity index (χ1n) is 15.6. The Labute approximate surface area is 276 Å².